The van der Waals surface area contributed by atoms with Crippen LogP contribution >= 0.6 is 0 Å². The molecule has 0 amide bonds. The summed E-state index contributed by atoms with van der Waals surface area (Å²) in [6.07, 6.45) is 6.34. The molecular weight excluding hydrogens is 216 g/mol. The van der Waals surface area contributed by atoms with Crippen molar-refractivity contribution in [2.24, 2.45) is 0 Å². The molecular formula is C12H20N4O. The lowest BCUT2D eigenvalue weighted by Gasteiger charge is -2.37. The lowest BCUT2D eigenvalue weighted by atomic mass is 9.95. The van der Waals surface area contributed by atoms with E-state index in [0.717, 1.165) is 18.9 Å². The van der Waals surface area contributed by atoms with Crippen LogP contribution in [0.2, 0.25) is 0 Å². The van der Waals surface area contributed by atoms with Crippen molar-refractivity contribution >= 4 is 6.01 Å². The largest absolute Gasteiger partial charge is 0.324 e. The van der Waals surface area contributed by atoms with Gasteiger partial charge in [0, 0.05) is 18.6 Å². The van der Waals surface area contributed by atoms with Crippen molar-refractivity contribution in [2.75, 3.05) is 18.0 Å². The third kappa shape index (κ3) is 2.16. The molecule has 17 heavy (non-hydrogen) atoms. The highest BCUT2D eigenvalue weighted by molar-refractivity contribution is 5.29. The van der Waals surface area contributed by atoms with E-state index < -0.39 is 0 Å². The summed E-state index contributed by atoms with van der Waals surface area (Å²) in [6.45, 7) is 4.07. The van der Waals surface area contributed by atoms with E-state index in [9.17, 15) is 0 Å². The minimum atomic E-state index is 0.533. The summed E-state index contributed by atoms with van der Waals surface area (Å²) in [7, 11) is 0. The second-order valence-electron chi connectivity index (χ2n) is 5.08. The summed E-state index contributed by atoms with van der Waals surface area (Å²) in [6, 6.07) is 1.84. The second-order valence-corrected chi connectivity index (χ2v) is 5.08. The van der Waals surface area contributed by atoms with Crippen molar-refractivity contribution in [3.8, 4) is 0 Å². The molecule has 5 heteroatoms. The van der Waals surface area contributed by atoms with Crippen molar-refractivity contribution in [3.05, 3.63) is 5.82 Å². The van der Waals surface area contributed by atoms with Gasteiger partial charge in [0.1, 0.15) is 0 Å². The van der Waals surface area contributed by atoms with E-state index in [4.69, 9.17) is 4.52 Å². The molecule has 1 aromatic rings. The Morgan fingerprint density at radius 2 is 2.24 bits per heavy atom. The van der Waals surface area contributed by atoms with Crippen molar-refractivity contribution in [1.82, 2.24) is 15.5 Å². The molecule has 1 aromatic heterocycles. The molecule has 2 aliphatic heterocycles. The summed E-state index contributed by atoms with van der Waals surface area (Å²) >= 11 is 0. The molecule has 3 rings (SSSR count). The molecule has 5 nitrogen and oxygen atoms in total. The predicted molar refractivity (Wildman–Crippen MR) is 65.0 cm³/mol. The van der Waals surface area contributed by atoms with Crippen molar-refractivity contribution in [1.29, 1.82) is 0 Å². The van der Waals surface area contributed by atoms with E-state index in [-0.39, 0.29) is 0 Å². The number of nitrogens with zero attached hydrogens (tertiary/aromatic N) is 3. The topological polar surface area (TPSA) is 54.2 Å². The zero-order valence-electron chi connectivity index (χ0n) is 10.4. The van der Waals surface area contributed by atoms with Crippen LogP contribution < -0.4 is 10.2 Å². The van der Waals surface area contributed by atoms with Gasteiger partial charge >= 0.3 is 6.01 Å². The van der Waals surface area contributed by atoms with Gasteiger partial charge in [-0.15, -0.1) is 0 Å². The van der Waals surface area contributed by atoms with Crippen molar-refractivity contribution in [2.45, 2.75) is 51.1 Å². The van der Waals surface area contributed by atoms with Gasteiger partial charge in [-0.05, 0) is 45.6 Å². The van der Waals surface area contributed by atoms with Crippen LogP contribution in [0, 0.1) is 6.92 Å². The molecule has 0 aliphatic carbocycles. The Labute approximate surface area is 102 Å². The number of piperidine rings is 1. The molecule has 1 N–H and O–H groups in total. The first-order valence-corrected chi connectivity index (χ1v) is 6.65. The Morgan fingerprint density at radius 3 is 2.94 bits per heavy atom. The van der Waals surface area contributed by atoms with Gasteiger partial charge in [0.2, 0.25) is 0 Å². The van der Waals surface area contributed by atoms with Crippen LogP contribution in [-0.2, 0) is 0 Å². The maximum absolute atomic E-state index is 5.33. The van der Waals surface area contributed by atoms with Crippen LogP contribution in [0.25, 0.3) is 0 Å². The van der Waals surface area contributed by atoms with E-state index in [1.807, 2.05) is 6.92 Å². The van der Waals surface area contributed by atoms with Gasteiger partial charge in [-0.1, -0.05) is 5.16 Å². The maximum Gasteiger partial charge on any atom is 0.324 e. The number of rotatable bonds is 2. The highest BCUT2D eigenvalue weighted by atomic mass is 16.5. The van der Waals surface area contributed by atoms with Crippen LogP contribution in [0.4, 0.5) is 6.01 Å². The number of hydrogen-bond acceptors (Lipinski definition) is 5. The number of hydrogen-bond donors (Lipinski definition) is 1. The molecule has 2 aliphatic rings. The first-order valence-electron chi connectivity index (χ1n) is 6.65. The van der Waals surface area contributed by atoms with E-state index in [0.29, 0.717) is 18.1 Å². The Bertz CT molecular complexity index is 372. The Balaban J connectivity index is 1.79. The molecule has 0 bridgehead atoms. The molecule has 94 valence electrons. The Hall–Kier alpha value is -1.10. The summed E-state index contributed by atoms with van der Waals surface area (Å²) in [5.41, 5.74) is 0. The average Bonchev–Trinajstić information content (AvgIpc) is 3.00. The molecule has 0 radical (unpaired) electrons. The fourth-order valence-corrected chi connectivity index (χ4v) is 3.06. The molecule has 2 atom stereocenters. The standard InChI is InChI=1S/C12H20N4O/c1-9-14-12(17-15-9)16-8-3-2-6-11(16)10-5-4-7-13-10/h10-11,13H,2-8H2,1H3. The van der Waals surface area contributed by atoms with E-state index >= 15 is 0 Å². The van der Waals surface area contributed by atoms with E-state index in [1.165, 1.54) is 32.1 Å². The van der Waals surface area contributed by atoms with Gasteiger partial charge in [0.15, 0.2) is 5.82 Å². The van der Waals surface area contributed by atoms with Gasteiger partial charge in [0.25, 0.3) is 0 Å². The Kier molecular flexibility index (Phi) is 3.01. The molecule has 3 heterocycles. The molecule has 2 unspecified atom stereocenters. The molecule has 0 aromatic carbocycles. The smallest absolute Gasteiger partial charge is 0.320 e. The zero-order chi connectivity index (χ0) is 11.7. The fraction of sp³-hybridized carbons (Fsp3) is 0.833. The minimum Gasteiger partial charge on any atom is -0.320 e. The summed E-state index contributed by atoms with van der Waals surface area (Å²) < 4.78 is 5.33. The SMILES string of the molecule is Cc1noc(N2CCCCC2C2CCCN2)n1. The highest BCUT2D eigenvalue weighted by Gasteiger charge is 2.33. The molecule has 2 saturated heterocycles. The monoisotopic (exact) mass is 236 g/mol. The normalized spacial score (nSPS) is 29.8. The third-order valence-corrected chi connectivity index (χ3v) is 3.87. The quantitative estimate of drug-likeness (QED) is 0.843. The van der Waals surface area contributed by atoms with Gasteiger partial charge in [-0.25, -0.2) is 0 Å². The van der Waals surface area contributed by atoms with Gasteiger partial charge in [-0.2, -0.15) is 4.98 Å². The fourth-order valence-electron chi connectivity index (χ4n) is 3.06. The Morgan fingerprint density at radius 1 is 1.29 bits per heavy atom. The summed E-state index contributed by atoms with van der Waals surface area (Å²) in [4.78, 5) is 6.69. The zero-order valence-corrected chi connectivity index (χ0v) is 10.4. The van der Waals surface area contributed by atoms with Gasteiger partial charge < -0.3 is 14.7 Å². The lowest BCUT2D eigenvalue weighted by Crippen LogP contribution is -2.50. The maximum atomic E-state index is 5.33. The second kappa shape index (κ2) is 4.64. The van der Waals surface area contributed by atoms with Crippen LogP contribution in [0.15, 0.2) is 4.52 Å². The van der Waals surface area contributed by atoms with Crippen molar-refractivity contribution in [3.63, 3.8) is 0 Å². The number of anilines is 1. The molecule has 2 fully saturated rings. The number of aryl methyl sites for hydroxylation is 1. The lowest BCUT2D eigenvalue weighted by molar-refractivity contribution is 0.334. The van der Waals surface area contributed by atoms with Crippen LogP contribution in [0.5, 0.6) is 0 Å². The van der Waals surface area contributed by atoms with E-state index in [2.05, 4.69) is 20.4 Å². The van der Waals surface area contributed by atoms with Gasteiger partial charge in [0.05, 0.1) is 0 Å². The van der Waals surface area contributed by atoms with Gasteiger partial charge in [-0.3, -0.25) is 0 Å². The summed E-state index contributed by atoms with van der Waals surface area (Å²) in [5, 5.41) is 7.51. The average molecular weight is 236 g/mol. The minimum absolute atomic E-state index is 0.533. The predicted octanol–water partition coefficient (Wildman–Crippen LogP) is 1.49. The van der Waals surface area contributed by atoms with Crippen molar-refractivity contribution < 1.29 is 4.52 Å². The molecule has 0 spiro atoms. The first-order chi connectivity index (χ1) is 8.34. The molecule has 0 saturated carbocycles. The summed E-state index contributed by atoms with van der Waals surface area (Å²) in [5.74, 6) is 0.726. The number of aromatic nitrogens is 2. The first kappa shape index (κ1) is 11.0. The third-order valence-electron chi connectivity index (χ3n) is 3.87. The highest BCUT2D eigenvalue weighted by Crippen LogP contribution is 2.28. The van der Waals surface area contributed by atoms with Crippen LogP contribution in [0.1, 0.15) is 37.9 Å². The van der Waals surface area contributed by atoms with Crippen LogP contribution in [-0.4, -0.2) is 35.3 Å². The number of nitrogens with one attached hydrogen (secondary N) is 1. The van der Waals surface area contributed by atoms with Crippen LogP contribution in [0.3, 0.4) is 0 Å². The van der Waals surface area contributed by atoms with E-state index in [1.54, 1.807) is 0 Å².